The van der Waals surface area contributed by atoms with Crippen molar-refractivity contribution >= 4 is 5.97 Å². The van der Waals surface area contributed by atoms with Gasteiger partial charge in [-0.25, -0.2) is 0 Å². The molecule has 0 aromatic carbocycles. The van der Waals surface area contributed by atoms with Crippen LogP contribution in [0.3, 0.4) is 0 Å². The highest BCUT2D eigenvalue weighted by Gasteiger charge is 2.84. The summed E-state index contributed by atoms with van der Waals surface area (Å²) in [5.74, 6) is 2.04. The average Bonchev–Trinajstić information content (AvgIpc) is 3.61. The summed E-state index contributed by atoms with van der Waals surface area (Å²) in [6.07, 6.45) is 9.08. The molecule has 5 unspecified atom stereocenters. The Morgan fingerprint density at radius 3 is 2.49 bits per heavy atom. The molecule has 8 aliphatic rings. The molecule has 8 nitrogen and oxygen atoms in total. The lowest BCUT2D eigenvalue weighted by atomic mass is 9.41. The van der Waals surface area contributed by atoms with Gasteiger partial charge in [0, 0.05) is 18.4 Å². The number of carbonyl (C=O) groups excluding carboxylic acids is 1. The maximum absolute atomic E-state index is 12.5. The normalized spacial score (nSPS) is 52.0. The molecule has 0 radical (unpaired) electrons. The first-order valence-corrected chi connectivity index (χ1v) is 19.3. The van der Waals surface area contributed by atoms with Gasteiger partial charge in [0.2, 0.25) is 0 Å². The third-order valence-corrected chi connectivity index (χ3v) is 16.3. The van der Waals surface area contributed by atoms with Gasteiger partial charge >= 0.3 is 5.97 Å². The molecule has 3 heterocycles. The summed E-state index contributed by atoms with van der Waals surface area (Å²) in [7, 11) is 0. The Morgan fingerprint density at radius 1 is 1.02 bits per heavy atom. The van der Waals surface area contributed by atoms with E-state index in [1.54, 1.807) is 0 Å². The van der Waals surface area contributed by atoms with Crippen LogP contribution in [0.15, 0.2) is 0 Å². The minimum atomic E-state index is -0.495. The zero-order valence-electron chi connectivity index (χ0n) is 30.3. The third kappa shape index (κ3) is 4.69. The first kappa shape index (κ1) is 33.4. The molecular weight excluding hydrogens is 594 g/mol. The fraction of sp³-hybridized carbons (Fsp3) is 0.974. The number of morpholine rings is 1. The molecule has 13 atom stereocenters. The highest BCUT2D eigenvalue weighted by atomic mass is 16.7. The van der Waals surface area contributed by atoms with Gasteiger partial charge in [0.15, 0.2) is 6.29 Å². The van der Waals surface area contributed by atoms with Crippen molar-refractivity contribution in [2.24, 2.45) is 56.7 Å². The van der Waals surface area contributed by atoms with Crippen molar-refractivity contribution in [2.75, 3.05) is 39.5 Å². The number of carbonyl (C=O) groups is 1. The number of esters is 1. The Morgan fingerprint density at radius 2 is 1.77 bits per heavy atom. The van der Waals surface area contributed by atoms with E-state index in [-0.39, 0.29) is 52.7 Å². The fourth-order valence-corrected chi connectivity index (χ4v) is 14.0. The molecule has 47 heavy (non-hydrogen) atoms. The van der Waals surface area contributed by atoms with Crippen molar-refractivity contribution in [1.29, 1.82) is 0 Å². The summed E-state index contributed by atoms with van der Waals surface area (Å²) in [6.45, 7) is 20.9. The van der Waals surface area contributed by atoms with Gasteiger partial charge in [-0.3, -0.25) is 9.69 Å². The van der Waals surface area contributed by atoms with Crippen molar-refractivity contribution in [2.45, 2.75) is 143 Å². The Bertz CT molecular complexity index is 1220. The second-order valence-electron chi connectivity index (χ2n) is 19.0. The highest BCUT2D eigenvalue weighted by Crippen LogP contribution is 2.89. The predicted octanol–water partition coefficient (Wildman–Crippen LogP) is 5.83. The first-order chi connectivity index (χ1) is 22.3. The van der Waals surface area contributed by atoms with Crippen LogP contribution in [0.2, 0.25) is 0 Å². The Kier molecular flexibility index (Phi) is 8.07. The number of fused-ring (bicyclic) bond motifs is 4. The number of ether oxygens (including phenoxy) is 5. The molecule has 0 amide bonds. The van der Waals surface area contributed by atoms with E-state index in [2.05, 4.69) is 39.5 Å². The van der Waals surface area contributed by atoms with Crippen molar-refractivity contribution in [1.82, 2.24) is 4.90 Å². The third-order valence-electron chi connectivity index (χ3n) is 16.3. The Hall–Kier alpha value is -0.770. The topological polar surface area (TPSA) is 86.7 Å². The molecule has 8 rings (SSSR count). The standard InChI is InChI=1S/C39H63NO7/c1-23(2)16-30(41)45-21-26-17-24(3)32-33(46-26)34(42)37(7)28-9-8-27-35(4,5)29(47-31-18-40(14-15-44-31)25-19-43-20-25)10-11-38(27)22-39(28,38)13-12-36(32,37)6/h23-29,31-34,42H,8-22H2,1-7H3/t24-,26?,27+,28?,29+,31?,32+,33?,34+,36-,37-,38-,39?/m1/s1. The second kappa shape index (κ2) is 11.4. The number of hydrogen-bond donors (Lipinski definition) is 1. The summed E-state index contributed by atoms with van der Waals surface area (Å²) in [4.78, 5) is 14.9. The summed E-state index contributed by atoms with van der Waals surface area (Å²) >= 11 is 0. The van der Waals surface area contributed by atoms with Crippen LogP contribution in [-0.2, 0) is 28.5 Å². The maximum Gasteiger partial charge on any atom is 0.306 e. The van der Waals surface area contributed by atoms with Crippen LogP contribution in [0.25, 0.3) is 0 Å². The van der Waals surface area contributed by atoms with Crippen LogP contribution >= 0.6 is 0 Å². The minimum Gasteiger partial charge on any atom is -0.463 e. The van der Waals surface area contributed by atoms with E-state index in [9.17, 15) is 9.90 Å². The van der Waals surface area contributed by atoms with Crippen molar-refractivity contribution in [3.05, 3.63) is 0 Å². The number of aliphatic hydroxyl groups excluding tert-OH is 1. The predicted molar refractivity (Wildman–Crippen MR) is 177 cm³/mol. The summed E-state index contributed by atoms with van der Waals surface area (Å²) < 4.78 is 31.1. The van der Waals surface area contributed by atoms with Gasteiger partial charge in [-0.05, 0) is 103 Å². The largest absolute Gasteiger partial charge is 0.463 e. The summed E-state index contributed by atoms with van der Waals surface area (Å²) in [5, 5.41) is 12.5. The van der Waals surface area contributed by atoms with E-state index < -0.39 is 6.10 Å². The summed E-state index contributed by atoms with van der Waals surface area (Å²) in [5.41, 5.74) is 0.611. The highest BCUT2D eigenvalue weighted by molar-refractivity contribution is 5.69. The van der Waals surface area contributed by atoms with E-state index in [0.717, 1.165) is 45.8 Å². The lowest BCUT2D eigenvalue weighted by Gasteiger charge is -2.64. The van der Waals surface area contributed by atoms with Gasteiger partial charge in [0.25, 0.3) is 0 Å². The smallest absolute Gasteiger partial charge is 0.306 e. The number of aliphatic hydroxyl groups is 1. The lowest BCUT2D eigenvalue weighted by molar-refractivity contribution is -0.256. The van der Waals surface area contributed by atoms with Crippen molar-refractivity contribution in [3.63, 3.8) is 0 Å². The van der Waals surface area contributed by atoms with Crippen LogP contribution in [-0.4, -0.2) is 92.2 Å². The molecule has 3 saturated heterocycles. The monoisotopic (exact) mass is 657 g/mol. The van der Waals surface area contributed by atoms with Gasteiger partial charge in [0.1, 0.15) is 6.61 Å². The molecule has 8 heteroatoms. The first-order valence-electron chi connectivity index (χ1n) is 19.3. The molecule has 2 spiro atoms. The van der Waals surface area contributed by atoms with Crippen LogP contribution in [0.5, 0.6) is 0 Å². The quantitative estimate of drug-likeness (QED) is 0.343. The van der Waals surface area contributed by atoms with Crippen molar-refractivity contribution < 1.29 is 33.6 Å². The Labute approximate surface area is 283 Å². The van der Waals surface area contributed by atoms with Crippen LogP contribution in [0, 0.1) is 56.7 Å². The van der Waals surface area contributed by atoms with Gasteiger partial charge in [-0.2, -0.15) is 0 Å². The zero-order valence-corrected chi connectivity index (χ0v) is 30.3. The van der Waals surface area contributed by atoms with Crippen LogP contribution < -0.4 is 0 Å². The van der Waals surface area contributed by atoms with E-state index in [4.69, 9.17) is 23.7 Å². The number of rotatable bonds is 7. The molecule has 3 aliphatic heterocycles. The SMILES string of the molecule is CC(C)CC(=O)OCC1C[C@@H](C)[C@H]2C(O1)[C@H](O)[C@@]1(C)C3CC[C@H]4C(C)(C)[C@@H](OC5CN(C6COC6)CCO5)CC[C@@]45CC35CC[C@]21C. The van der Waals surface area contributed by atoms with Gasteiger partial charge < -0.3 is 28.8 Å². The molecular formula is C39H63NO7. The molecule has 5 aliphatic carbocycles. The van der Waals surface area contributed by atoms with Gasteiger partial charge in [0.05, 0.1) is 56.8 Å². The molecule has 266 valence electrons. The van der Waals surface area contributed by atoms with Gasteiger partial charge in [-0.15, -0.1) is 0 Å². The average molecular weight is 658 g/mol. The molecule has 5 saturated carbocycles. The molecule has 0 aromatic heterocycles. The van der Waals surface area contributed by atoms with Crippen LogP contribution in [0.4, 0.5) is 0 Å². The fourth-order valence-electron chi connectivity index (χ4n) is 14.0. The maximum atomic E-state index is 12.5. The van der Waals surface area contributed by atoms with E-state index >= 15 is 0 Å². The van der Waals surface area contributed by atoms with E-state index in [1.165, 1.54) is 38.5 Å². The zero-order chi connectivity index (χ0) is 33.1. The van der Waals surface area contributed by atoms with E-state index in [1.807, 2.05) is 13.8 Å². The lowest BCUT2D eigenvalue weighted by Crippen LogP contribution is -2.60. The molecule has 8 fully saturated rings. The van der Waals surface area contributed by atoms with Gasteiger partial charge in [-0.1, -0.05) is 48.5 Å². The van der Waals surface area contributed by atoms with Crippen molar-refractivity contribution in [3.8, 4) is 0 Å². The molecule has 0 bridgehead atoms. The number of hydrogen-bond acceptors (Lipinski definition) is 8. The summed E-state index contributed by atoms with van der Waals surface area (Å²) in [6, 6.07) is 0.522. The van der Waals surface area contributed by atoms with Crippen LogP contribution in [0.1, 0.15) is 106 Å². The molecule has 1 N–H and O–H groups in total. The number of nitrogens with zero attached hydrogens (tertiary/aromatic N) is 1. The molecule has 0 aromatic rings. The second-order valence-corrected chi connectivity index (χ2v) is 19.0. The minimum absolute atomic E-state index is 0.0355. The Balaban J connectivity index is 0.986. The van der Waals surface area contributed by atoms with E-state index in [0.29, 0.717) is 53.6 Å².